The van der Waals surface area contributed by atoms with E-state index < -0.39 is 18.1 Å². The Balaban J connectivity index is 1.72. The van der Waals surface area contributed by atoms with Crippen molar-refractivity contribution in [2.75, 3.05) is 20.3 Å². The minimum atomic E-state index is -0.674. The van der Waals surface area contributed by atoms with Crippen LogP contribution in [0.1, 0.15) is 36.0 Å². The SMILES string of the molecule is CCCOC(CNC(=O)OC)C(C(=O)OCc1ccccc1)C1c2ccccc2-c2ccccc21. The summed E-state index contributed by atoms with van der Waals surface area (Å²) in [4.78, 5) is 25.7. The summed E-state index contributed by atoms with van der Waals surface area (Å²) in [5, 5.41) is 2.73. The number of ether oxygens (including phenoxy) is 3. The third-order valence-electron chi connectivity index (χ3n) is 6.31. The van der Waals surface area contributed by atoms with Crippen molar-refractivity contribution in [2.24, 2.45) is 5.92 Å². The summed E-state index contributed by atoms with van der Waals surface area (Å²) in [6.45, 7) is 2.75. The number of methoxy groups -OCH3 is 1. The quantitative estimate of drug-likeness (QED) is 0.404. The average molecular weight is 474 g/mol. The third kappa shape index (κ3) is 5.54. The first kappa shape index (κ1) is 24.5. The Labute approximate surface area is 206 Å². The van der Waals surface area contributed by atoms with Crippen molar-refractivity contribution in [2.45, 2.75) is 32.0 Å². The predicted molar refractivity (Wildman–Crippen MR) is 134 cm³/mol. The van der Waals surface area contributed by atoms with Gasteiger partial charge >= 0.3 is 12.1 Å². The van der Waals surface area contributed by atoms with Crippen LogP contribution in [0, 0.1) is 5.92 Å². The number of hydrogen-bond donors (Lipinski definition) is 1. The van der Waals surface area contributed by atoms with Crippen LogP contribution in [0.3, 0.4) is 0 Å². The monoisotopic (exact) mass is 473 g/mol. The van der Waals surface area contributed by atoms with Crippen molar-refractivity contribution in [1.82, 2.24) is 5.32 Å². The van der Waals surface area contributed by atoms with E-state index in [4.69, 9.17) is 14.2 Å². The highest BCUT2D eigenvalue weighted by Gasteiger charge is 2.43. The van der Waals surface area contributed by atoms with Crippen molar-refractivity contribution >= 4 is 12.1 Å². The molecule has 1 N–H and O–H groups in total. The van der Waals surface area contributed by atoms with Crippen molar-refractivity contribution in [3.8, 4) is 11.1 Å². The first-order chi connectivity index (χ1) is 17.1. The zero-order valence-electron chi connectivity index (χ0n) is 20.1. The summed E-state index contributed by atoms with van der Waals surface area (Å²) in [7, 11) is 1.31. The van der Waals surface area contributed by atoms with Crippen LogP contribution >= 0.6 is 0 Å². The molecule has 2 atom stereocenters. The minimum Gasteiger partial charge on any atom is -0.460 e. The molecule has 1 amide bonds. The second-order valence-electron chi connectivity index (χ2n) is 8.55. The van der Waals surface area contributed by atoms with Gasteiger partial charge in [-0.25, -0.2) is 4.79 Å². The van der Waals surface area contributed by atoms with E-state index >= 15 is 0 Å². The van der Waals surface area contributed by atoms with Crippen LogP contribution in [-0.2, 0) is 25.6 Å². The number of rotatable bonds is 10. The lowest BCUT2D eigenvalue weighted by Gasteiger charge is -2.31. The number of carbonyl (C=O) groups excluding carboxylic acids is 2. The molecule has 2 unspecified atom stereocenters. The molecule has 1 aliphatic rings. The normalized spacial score (nSPS) is 13.9. The molecule has 0 saturated heterocycles. The minimum absolute atomic E-state index is 0.124. The molecular formula is C29H31NO5. The molecule has 0 fully saturated rings. The van der Waals surface area contributed by atoms with Crippen LogP contribution in [0.5, 0.6) is 0 Å². The predicted octanol–water partition coefficient (Wildman–Crippen LogP) is 5.31. The molecule has 4 rings (SSSR count). The van der Waals surface area contributed by atoms with Crippen molar-refractivity contribution < 1.29 is 23.8 Å². The zero-order chi connectivity index (χ0) is 24.6. The van der Waals surface area contributed by atoms with Gasteiger partial charge in [-0.2, -0.15) is 0 Å². The average Bonchev–Trinajstić information content (AvgIpc) is 3.23. The molecule has 0 aliphatic heterocycles. The second-order valence-corrected chi connectivity index (χ2v) is 8.55. The number of carbonyl (C=O) groups is 2. The second kappa shape index (κ2) is 11.7. The van der Waals surface area contributed by atoms with E-state index in [1.165, 1.54) is 7.11 Å². The topological polar surface area (TPSA) is 73.9 Å². The van der Waals surface area contributed by atoms with Crippen LogP contribution in [-0.4, -0.2) is 38.4 Å². The molecule has 182 valence electrons. The Morgan fingerprint density at radius 3 is 2.09 bits per heavy atom. The lowest BCUT2D eigenvalue weighted by Crippen LogP contribution is -2.44. The Morgan fingerprint density at radius 2 is 1.49 bits per heavy atom. The number of amides is 1. The van der Waals surface area contributed by atoms with Crippen LogP contribution in [0.4, 0.5) is 4.79 Å². The van der Waals surface area contributed by atoms with E-state index in [1.807, 2.05) is 61.5 Å². The molecule has 3 aromatic carbocycles. The molecule has 0 aromatic heterocycles. The largest absolute Gasteiger partial charge is 0.460 e. The Bertz CT molecular complexity index is 1100. The fraction of sp³-hybridized carbons (Fsp3) is 0.310. The highest BCUT2D eigenvalue weighted by atomic mass is 16.5. The van der Waals surface area contributed by atoms with Gasteiger partial charge in [-0.15, -0.1) is 0 Å². The van der Waals surface area contributed by atoms with Gasteiger partial charge in [0.25, 0.3) is 0 Å². The Hall–Kier alpha value is -3.64. The zero-order valence-corrected chi connectivity index (χ0v) is 20.1. The lowest BCUT2D eigenvalue weighted by molar-refractivity contribution is -0.156. The number of esters is 1. The third-order valence-corrected chi connectivity index (χ3v) is 6.31. The molecule has 6 nitrogen and oxygen atoms in total. The number of alkyl carbamates (subject to hydrolysis) is 1. The molecule has 0 saturated carbocycles. The van der Waals surface area contributed by atoms with Crippen molar-refractivity contribution in [3.05, 3.63) is 95.6 Å². The summed E-state index contributed by atoms with van der Waals surface area (Å²) in [6, 6.07) is 25.8. The van der Waals surface area contributed by atoms with E-state index in [9.17, 15) is 9.59 Å². The summed E-state index contributed by atoms with van der Waals surface area (Å²) in [5.41, 5.74) is 5.22. The van der Waals surface area contributed by atoms with Gasteiger partial charge in [-0.05, 0) is 34.2 Å². The maximum absolute atomic E-state index is 13.8. The fourth-order valence-electron chi connectivity index (χ4n) is 4.72. The van der Waals surface area contributed by atoms with Gasteiger partial charge in [0.15, 0.2) is 0 Å². The highest BCUT2D eigenvalue weighted by molar-refractivity contribution is 5.84. The number of nitrogens with one attached hydrogen (secondary N) is 1. The summed E-state index contributed by atoms with van der Waals surface area (Å²) in [5.74, 6) is -1.31. The maximum atomic E-state index is 13.8. The summed E-state index contributed by atoms with van der Waals surface area (Å²) < 4.78 is 16.8. The molecule has 0 heterocycles. The fourth-order valence-corrected chi connectivity index (χ4v) is 4.72. The molecular weight excluding hydrogens is 442 g/mol. The molecule has 0 bridgehead atoms. The van der Waals surface area contributed by atoms with Gasteiger partial charge in [0, 0.05) is 19.1 Å². The van der Waals surface area contributed by atoms with E-state index in [0.29, 0.717) is 6.61 Å². The summed E-state index contributed by atoms with van der Waals surface area (Å²) in [6.07, 6.45) is -0.404. The van der Waals surface area contributed by atoms with Gasteiger partial charge in [-0.1, -0.05) is 85.8 Å². The van der Waals surface area contributed by atoms with Gasteiger partial charge in [0.05, 0.1) is 19.1 Å². The first-order valence-electron chi connectivity index (χ1n) is 12.0. The smallest absolute Gasteiger partial charge is 0.406 e. The molecule has 0 radical (unpaired) electrons. The molecule has 6 heteroatoms. The van der Waals surface area contributed by atoms with Gasteiger partial charge in [0.2, 0.25) is 0 Å². The van der Waals surface area contributed by atoms with E-state index in [1.54, 1.807) is 0 Å². The highest BCUT2D eigenvalue weighted by Crippen LogP contribution is 2.49. The Kier molecular flexibility index (Phi) is 8.16. The molecule has 3 aromatic rings. The molecule has 1 aliphatic carbocycles. The van der Waals surface area contributed by atoms with E-state index in [-0.39, 0.29) is 25.0 Å². The first-order valence-corrected chi connectivity index (χ1v) is 12.0. The van der Waals surface area contributed by atoms with Gasteiger partial charge in [-0.3, -0.25) is 4.79 Å². The number of fused-ring (bicyclic) bond motifs is 3. The van der Waals surface area contributed by atoms with Crippen LogP contribution < -0.4 is 5.32 Å². The molecule has 35 heavy (non-hydrogen) atoms. The lowest BCUT2D eigenvalue weighted by atomic mass is 9.80. The van der Waals surface area contributed by atoms with Crippen molar-refractivity contribution in [1.29, 1.82) is 0 Å². The van der Waals surface area contributed by atoms with Gasteiger partial charge in [0.1, 0.15) is 6.61 Å². The van der Waals surface area contributed by atoms with E-state index in [2.05, 4.69) is 29.6 Å². The van der Waals surface area contributed by atoms with Crippen LogP contribution in [0.2, 0.25) is 0 Å². The summed E-state index contributed by atoms with van der Waals surface area (Å²) >= 11 is 0. The maximum Gasteiger partial charge on any atom is 0.406 e. The Morgan fingerprint density at radius 1 is 0.886 bits per heavy atom. The number of benzene rings is 3. The van der Waals surface area contributed by atoms with Crippen LogP contribution in [0.15, 0.2) is 78.9 Å². The number of hydrogen-bond acceptors (Lipinski definition) is 5. The molecule has 0 spiro atoms. The van der Waals surface area contributed by atoms with E-state index in [0.717, 1.165) is 34.2 Å². The van der Waals surface area contributed by atoms with Crippen molar-refractivity contribution in [3.63, 3.8) is 0 Å². The van der Waals surface area contributed by atoms with Gasteiger partial charge < -0.3 is 19.5 Å². The standard InChI is InChI=1S/C29H31NO5/c1-3-17-34-25(18-30-29(32)33-2)27(28(31)35-19-20-11-5-4-6-12-20)26-23-15-9-7-13-21(23)22-14-8-10-16-24(22)26/h4-16,25-27H,3,17-19H2,1-2H3,(H,30,32). The van der Waals surface area contributed by atoms with Crippen LogP contribution in [0.25, 0.3) is 11.1 Å².